The van der Waals surface area contributed by atoms with Crippen LogP contribution in [0.15, 0.2) is 12.3 Å². The Hall–Kier alpha value is -1.85. The quantitative estimate of drug-likeness (QED) is 0.757. The number of imide groups is 1. The molecule has 2 N–H and O–H groups in total. The molecule has 0 aromatic carbocycles. The van der Waals surface area contributed by atoms with Crippen LogP contribution in [0.25, 0.3) is 0 Å². The van der Waals surface area contributed by atoms with E-state index in [1.807, 2.05) is 30.8 Å². The third-order valence-electron chi connectivity index (χ3n) is 2.70. The van der Waals surface area contributed by atoms with Crippen LogP contribution in [0, 0.1) is 0 Å². The van der Waals surface area contributed by atoms with Gasteiger partial charge >= 0.3 is 0 Å². The Morgan fingerprint density at radius 1 is 1.53 bits per heavy atom. The first-order valence-electron chi connectivity index (χ1n) is 5.71. The molecule has 0 saturated carbocycles. The highest BCUT2D eigenvalue weighted by Crippen LogP contribution is 2.13. The minimum atomic E-state index is -0.372. The molecule has 1 aromatic rings. The van der Waals surface area contributed by atoms with Crippen LogP contribution in [0.4, 0.5) is 5.82 Å². The van der Waals surface area contributed by atoms with Crippen molar-refractivity contribution in [3.63, 3.8) is 0 Å². The lowest BCUT2D eigenvalue weighted by molar-refractivity contribution is -0.133. The molecule has 1 saturated heterocycles. The summed E-state index contributed by atoms with van der Waals surface area (Å²) in [7, 11) is 0. The summed E-state index contributed by atoms with van der Waals surface area (Å²) < 4.78 is 1.81. The maximum atomic E-state index is 11.5. The Labute approximate surface area is 99.4 Å². The minimum absolute atomic E-state index is 0.208. The number of rotatable bonds is 3. The van der Waals surface area contributed by atoms with Crippen LogP contribution in [-0.4, -0.2) is 27.6 Å². The van der Waals surface area contributed by atoms with Gasteiger partial charge < -0.3 is 5.32 Å². The first-order chi connectivity index (χ1) is 8.06. The molecule has 1 fully saturated rings. The number of hydrogen-bond donors (Lipinski definition) is 2. The van der Waals surface area contributed by atoms with E-state index >= 15 is 0 Å². The smallest absolute Gasteiger partial charge is 0.249 e. The Morgan fingerprint density at radius 2 is 2.29 bits per heavy atom. The Balaban J connectivity index is 2.00. The summed E-state index contributed by atoms with van der Waals surface area (Å²) in [6.07, 6.45) is 2.74. The van der Waals surface area contributed by atoms with Gasteiger partial charge in [-0.1, -0.05) is 0 Å². The number of anilines is 1. The van der Waals surface area contributed by atoms with Gasteiger partial charge in [0.1, 0.15) is 11.9 Å². The van der Waals surface area contributed by atoms with Crippen LogP contribution in [0.2, 0.25) is 0 Å². The molecule has 2 amide bonds. The fourth-order valence-electron chi connectivity index (χ4n) is 1.71. The highest BCUT2D eigenvalue weighted by molar-refractivity contribution is 6.01. The number of piperidine rings is 1. The number of amides is 2. The van der Waals surface area contributed by atoms with E-state index < -0.39 is 0 Å². The van der Waals surface area contributed by atoms with Crippen LogP contribution in [0.3, 0.4) is 0 Å². The summed E-state index contributed by atoms with van der Waals surface area (Å²) in [5.74, 6) is 0.175. The van der Waals surface area contributed by atoms with Crippen LogP contribution in [0.1, 0.15) is 32.7 Å². The van der Waals surface area contributed by atoms with E-state index in [1.54, 1.807) is 0 Å². The third kappa shape index (κ3) is 2.64. The van der Waals surface area contributed by atoms with E-state index in [9.17, 15) is 9.59 Å². The van der Waals surface area contributed by atoms with Gasteiger partial charge in [0.2, 0.25) is 11.8 Å². The molecule has 6 nitrogen and oxygen atoms in total. The third-order valence-corrected chi connectivity index (χ3v) is 2.70. The molecule has 0 spiro atoms. The average molecular weight is 236 g/mol. The van der Waals surface area contributed by atoms with Crippen molar-refractivity contribution in [3.8, 4) is 0 Å². The van der Waals surface area contributed by atoms with Crippen molar-refractivity contribution < 1.29 is 9.59 Å². The number of aromatic nitrogens is 2. The van der Waals surface area contributed by atoms with Gasteiger partial charge in [0, 0.05) is 24.7 Å². The van der Waals surface area contributed by atoms with Crippen molar-refractivity contribution >= 4 is 17.6 Å². The van der Waals surface area contributed by atoms with Crippen molar-refractivity contribution in [1.29, 1.82) is 0 Å². The van der Waals surface area contributed by atoms with Gasteiger partial charge in [-0.15, -0.1) is 0 Å². The van der Waals surface area contributed by atoms with Crippen molar-refractivity contribution in [1.82, 2.24) is 15.1 Å². The minimum Gasteiger partial charge on any atom is -0.357 e. The van der Waals surface area contributed by atoms with Gasteiger partial charge in [0.05, 0.1) is 0 Å². The van der Waals surface area contributed by atoms with Gasteiger partial charge in [-0.2, -0.15) is 5.10 Å². The first kappa shape index (κ1) is 11.6. The molecular weight excluding hydrogens is 220 g/mol. The molecule has 0 aliphatic carbocycles. The van der Waals surface area contributed by atoms with E-state index in [4.69, 9.17) is 0 Å². The zero-order chi connectivity index (χ0) is 12.4. The van der Waals surface area contributed by atoms with Crippen molar-refractivity contribution in [2.45, 2.75) is 38.8 Å². The second kappa shape index (κ2) is 4.57. The zero-order valence-corrected chi connectivity index (χ0v) is 9.93. The number of nitrogens with zero attached hydrogens (tertiary/aromatic N) is 2. The van der Waals surface area contributed by atoms with E-state index in [2.05, 4.69) is 15.7 Å². The van der Waals surface area contributed by atoms with Crippen LogP contribution >= 0.6 is 0 Å². The molecule has 17 heavy (non-hydrogen) atoms. The van der Waals surface area contributed by atoms with Crippen molar-refractivity contribution in [2.75, 3.05) is 5.32 Å². The second-order valence-electron chi connectivity index (χ2n) is 4.42. The Bertz CT molecular complexity index is 438. The predicted molar refractivity (Wildman–Crippen MR) is 62.4 cm³/mol. The first-order valence-corrected chi connectivity index (χ1v) is 5.71. The highest BCUT2D eigenvalue weighted by atomic mass is 16.2. The monoisotopic (exact) mass is 236 g/mol. The van der Waals surface area contributed by atoms with Gasteiger partial charge in [0.15, 0.2) is 0 Å². The van der Waals surface area contributed by atoms with Gasteiger partial charge in [-0.25, -0.2) is 0 Å². The fourth-order valence-corrected chi connectivity index (χ4v) is 1.71. The molecule has 92 valence electrons. The van der Waals surface area contributed by atoms with Crippen LogP contribution in [-0.2, 0) is 9.59 Å². The van der Waals surface area contributed by atoms with Crippen LogP contribution in [0.5, 0.6) is 0 Å². The lowest BCUT2D eigenvalue weighted by Gasteiger charge is -2.21. The van der Waals surface area contributed by atoms with E-state index in [0.717, 1.165) is 0 Å². The molecule has 1 aliphatic rings. The maximum Gasteiger partial charge on any atom is 0.249 e. The topological polar surface area (TPSA) is 76.0 Å². The molecule has 0 radical (unpaired) electrons. The standard InChI is InChI=1S/C11H16N4O2/c1-7(2)15-6-5-9(14-15)12-8-3-4-10(16)13-11(8)17/h5-8H,3-4H2,1-2H3,(H,12,14)(H,13,16,17). The lowest BCUT2D eigenvalue weighted by Crippen LogP contribution is -2.47. The SMILES string of the molecule is CC(C)n1ccc(NC2CCC(=O)NC2=O)n1. The van der Waals surface area contributed by atoms with Crippen molar-refractivity contribution in [3.05, 3.63) is 12.3 Å². The Morgan fingerprint density at radius 3 is 2.88 bits per heavy atom. The normalized spacial score (nSPS) is 20.5. The average Bonchev–Trinajstić information content (AvgIpc) is 2.71. The predicted octanol–water partition coefficient (Wildman–Crippen LogP) is 0.681. The van der Waals surface area contributed by atoms with E-state index in [0.29, 0.717) is 18.7 Å². The molecule has 2 heterocycles. The Kier molecular flexibility index (Phi) is 3.12. The van der Waals surface area contributed by atoms with Crippen molar-refractivity contribution in [2.24, 2.45) is 0 Å². The summed E-state index contributed by atoms with van der Waals surface area (Å²) in [6.45, 7) is 4.06. The summed E-state index contributed by atoms with van der Waals surface area (Å²) in [5, 5.41) is 9.63. The van der Waals surface area contributed by atoms with Gasteiger partial charge in [-0.05, 0) is 20.3 Å². The molecule has 1 aromatic heterocycles. The molecule has 2 rings (SSSR count). The summed E-state index contributed by atoms with van der Waals surface area (Å²) >= 11 is 0. The molecule has 1 unspecified atom stereocenters. The summed E-state index contributed by atoms with van der Waals surface area (Å²) in [5.41, 5.74) is 0. The molecule has 1 atom stereocenters. The maximum absolute atomic E-state index is 11.5. The number of nitrogens with one attached hydrogen (secondary N) is 2. The zero-order valence-electron chi connectivity index (χ0n) is 9.93. The second-order valence-corrected chi connectivity index (χ2v) is 4.42. The summed E-state index contributed by atoms with van der Waals surface area (Å²) in [4.78, 5) is 22.5. The lowest BCUT2D eigenvalue weighted by atomic mass is 10.1. The molecule has 0 bridgehead atoms. The fraction of sp³-hybridized carbons (Fsp3) is 0.545. The number of carbonyl (C=O) groups excluding carboxylic acids is 2. The van der Waals surface area contributed by atoms with Gasteiger partial charge in [0.25, 0.3) is 0 Å². The van der Waals surface area contributed by atoms with E-state index in [1.165, 1.54) is 0 Å². The molecular formula is C11H16N4O2. The van der Waals surface area contributed by atoms with E-state index in [-0.39, 0.29) is 23.9 Å². The van der Waals surface area contributed by atoms with Crippen LogP contribution < -0.4 is 10.6 Å². The largest absolute Gasteiger partial charge is 0.357 e. The number of hydrogen-bond acceptors (Lipinski definition) is 4. The molecule has 6 heteroatoms. The van der Waals surface area contributed by atoms with Gasteiger partial charge in [-0.3, -0.25) is 19.6 Å². The summed E-state index contributed by atoms with van der Waals surface area (Å²) in [6, 6.07) is 1.74. The molecule has 1 aliphatic heterocycles. The number of carbonyl (C=O) groups is 2. The highest BCUT2D eigenvalue weighted by Gasteiger charge is 2.26.